The van der Waals surface area contributed by atoms with Crippen LogP contribution in [-0.2, 0) is 5.41 Å². The van der Waals surface area contributed by atoms with Crippen molar-refractivity contribution in [3.05, 3.63) is 16.1 Å². The van der Waals surface area contributed by atoms with Crippen molar-refractivity contribution in [1.82, 2.24) is 15.2 Å². The van der Waals surface area contributed by atoms with Gasteiger partial charge < -0.3 is 10.2 Å². The smallest absolute Gasteiger partial charge is 0.265 e. The van der Waals surface area contributed by atoms with E-state index in [-0.39, 0.29) is 36.1 Å². The number of carbonyl (C=O) groups is 1. The third-order valence-corrected chi connectivity index (χ3v) is 5.46. The minimum absolute atomic E-state index is 0. The van der Waals surface area contributed by atoms with Crippen LogP contribution in [0, 0.1) is 5.92 Å². The third kappa shape index (κ3) is 5.32. The van der Waals surface area contributed by atoms with Crippen molar-refractivity contribution in [2.45, 2.75) is 57.9 Å². The van der Waals surface area contributed by atoms with E-state index in [4.69, 9.17) is 0 Å². The average molecular weight is 394 g/mol. The summed E-state index contributed by atoms with van der Waals surface area (Å²) in [4.78, 5) is 20.1. The van der Waals surface area contributed by atoms with Gasteiger partial charge in [-0.1, -0.05) is 20.8 Å². The molecule has 1 aliphatic carbocycles. The largest absolute Gasteiger partial charge is 0.338 e. The predicted octanol–water partition coefficient (Wildman–Crippen LogP) is 3.89. The monoisotopic (exact) mass is 393 g/mol. The molecule has 2 fully saturated rings. The summed E-state index contributed by atoms with van der Waals surface area (Å²) in [6, 6.07) is 0.591. The van der Waals surface area contributed by atoms with Crippen LogP contribution < -0.4 is 5.32 Å². The van der Waals surface area contributed by atoms with Gasteiger partial charge in [0.15, 0.2) is 0 Å². The molecule has 1 aromatic rings. The van der Waals surface area contributed by atoms with E-state index in [0.717, 1.165) is 42.4 Å². The molecule has 1 saturated carbocycles. The van der Waals surface area contributed by atoms with E-state index >= 15 is 0 Å². The minimum Gasteiger partial charge on any atom is -0.338 e. The van der Waals surface area contributed by atoms with E-state index in [1.807, 2.05) is 4.90 Å². The quantitative estimate of drug-likeness (QED) is 0.843. The van der Waals surface area contributed by atoms with Crippen LogP contribution in [-0.4, -0.2) is 41.5 Å². The van der Waals surface area contributed by atoms with E-state index in [1.165, 1.54) is 30.7 Å². The number of rotatable bonds is 4. The lowest BCUT2D eigenvalue weighted by atomic mass is 9.91. The first kappa shape index (κ1) is 21.7. The number of hydrogen-bond donors (Lipinski definition) is 1. The molecular formula is C17H29Cl2N3OS. The number of halogens is 2. The molecular weight excluding hydrogens is 365 g/mol. The molecule has 138 valence electrons. The first-order valence-electron chi connectivity index (χ1n) is 8.42. The van der Waals surface area contributed by atoms with Gasteiger partial charge in [0.1, 0.15) is 4.88 Å². The zero-order chi connectivity index (χ0) is 15.7. The summed E-state index contributed by atoms with van der Waals surface area (Å²) in [5.74, 6) is 1.10. The summed E-state index contributed by atoms with van der Waals surface area (Å²) in [6.07, 6.45) is 4.93. The highest BCUT2D eigenvalue weighted by molar-refractivity contribution is 7.11. The van der Waals surface area contributed by atoms with Gasteiger partial charge >= 0.3 is 0 Å². The second-order valence-corrected chi connectivity index (χ2v) is 8.55. The van der Waals surface area contributed by atoms with Crippen LogP contribution in [0.2, 0.25) is 0 Å². The van der Waals surface area contributed by atoms with Crippen molar-refractivity contribution in [3.63, 3.8) is 0 Å². The number of piperidine rings is 1. The van der Waals surface area contributed by atoms with Crippen molar-refractivity contribution in [1.29, 1.82) is 0 Å². The van der Waals surface area contributed by atoms with Crippen LogP contribution in [0.1, 0.15) is 61.8 Å². The van der Waals surface area contributed by atoms with Gasteiger partial charge in [-0.2, -0.15) is 0 Å². The Bertz CT molecular complexity index is 532. The van der Waals surface area contributed by atoms with Gasteiger partial charge in [0.2, 0.25) is 0 Å². The summed E-state index contributed by atoms with van der Waals surface area (Å²) < 4.78 is 0. The third-order valence-electron chi connectivity index (χ3n) is 4.65. The highest BCUT2D eigenvalue weighted by Gasteiger charge is 2.30. The highest BCUT2D eigenvalue weighted by atomic mass is 35.5. The average Bonchev–Trinajstić information content (AvgIpc) is 3.17. The molecule has 1 N–H and O–H groups in total. The van der Waals surface area contributed by atoms with Gasteiger partial charge in [-0.3, -0.25) is 4.79 Å². The first-order valence-corrected chi connectivity index (χ1v) is 9.29. The molecule has 2 aliphatic rings. The number of nitrogens with one attached hydrogen (secondary N) is 1. The SMILES string of the molecule is CC(C)(C)c1ncsc1C(=O)N1CCC(NCC2CC2)CC1.Cl.Cl. The molecule has 1 aromatic heterocycles. The molecule has 0 atom stereocenters. The van der Waals surface area contributed by atoms with E-state index in [2.05, 4.69) is 31.1 Å². The lowest BCUT2D eigenvalue weighted by molar-refractivity contribution is 0.0707. The van der Waals surface area contributed by atoms with E-state index in [9.17, 15) is 4.79 Å². The Labute approximate surface area is 161 Å². The van der Waals surface area contributed by atoms with Gasteiger partial charge in [0.25, 0.3) is 5.91 Å². The second-order valence-electron chi connectivity index (χ2n) is 7.70. The van der Waals surface area contributed by atoms with Crippen molar-refractivity contribution in [3.8, 4) is 0 Å². The second kappa shape index (κ2) is 8.84. The fourth-order valence-electron chi connectivity index (χ4n) is 3.02. The summed E-state index contributed by atoms with van der Waals surface area (Å²) in [5.41, 5.74) is 2.67. The van der Waals surface area contributed by atoms with Crippen LogP contribution in [0.15, 0.2) is 5.51 Å². The van der Waals surface area contributed by atoms with Crippen molar-refractivity contribution in [2.24, 2.45) is 5.92 Å². The number of hydrogen-bond acceptors (Lipinski definition) is 4. The van der Waals surface area contributed by atoms with Crippen LogP contribution >= 0.6 is 36.2 Å². The normalized spacial score (nSPS) is 18.7. The van der Waals surface area contributed by atoms with E-state index in [1.54, 1.807) is 5.51 Å². The molecule has 3 rings (SSSR count). The fourth-order valence-corrected chi connectivity index (χ4v) is 3.98. The standard InChI is InChI=1S/C17H27N3OS.2ClH/c1-17(2,3)15-14(22-11-19-15)16(21)20-8-6-13(7-9-20)18-10-12-4-5-12;;/h11-13,18H,4-10H2,1-3H3;2*1H. The zero-order valence-corrected chi connectivity index (χ0v) is 17.2. The number of thiazole rings is 1. The predicted molar refractivity (Wildman–Crippen MR) is 105 cm³/mol. The first-order chi connectivity index (χ1) is 10.4. The lowest BCUT2D eigenvalue weighted by Gasteiger charge is -2.33. The van der Waals surface area contributed by atoms with Gasteiger partial charge in [0, 0.05) is 24.5 Å². The molecule has 1 amide bonds. The lowest BCUT2D eigenvalue weighted by Crippen LogP contribution is -2.45. The topological polar surface area (TPSA) is 45.2 Å². The van der Waals surface area contributed by atoms with Gasteiger partial charge in [-0.15, -0.1) is 36.2 Å². The Balaban J connectivity index is 0.00000144. The van der Waals surface area contributed by atoms with Crippen molar-refractivity contribution < 1.29 is 4.79 Å². The van der Waals surface area contributed by atoms with E-state index < -0.39 is 0 Å². The van der Waals surface area contributed by atoms with Crippen molar-refractivity contribution >= 4 is 42.1 Å². The van der Waals surface area contributed by atoms with Crippen LogP contribution in [0.4, 0.5) is 0 Å². The van der Waals surface area contributed by atoms with Crippen LogP contribution in [0.3, 0.4) is 0 Å². The molecule has 0 unspecified atom stereocenters. The maximum Gasteiger partial charge on any atom is 0.265 e. The fraction of sp³-hybridized carbons (Fsp3) is 0.765. The summed E-state index contributed by atoms with van der Waals surface area (Å²) in [6.45, 7) is 9.25. The Morgan fingerprint density at radius 1 is 1.25 bits per heavy atom. The molecule has 7 heteroatoms. The molecule has 1 saturated heterocycles. The Kier molecular flexibility index (Phi) is 7.98. The Hall–Kier alpha value is -0.360. The molecule has 0 bridgehead atoms. The van der Waals surface area contributed by atoms with Gasteiger partial charge in [-0.25, -0.2) is 4.98 Å². The Morgan fingerprint density at radius 2 is 1.88 bits per heavy atom. The van der Waals surface area contributed by atoms with Crippen LogP contribution in [0.25, 0.3) is 0 Å². The molecule has 0 spiro atoms. The summed E-state index contributed by atoms with van der Waals surface area (Å²) in [5, 5.41) is 3.67. The number of likely N-dealkylation sites (tertiary alicyclic amines) is 1. The minimum atomic E-state index is -0.0743. The maximum absolute atomic E-state index is 12.8. The number of aromatic nitrogens is 1. The maximum atomic E-state index is 12.8. The van der Waals surface area contributed by atoms with Crippen LogP contribution in [0.5, 0.6) is 0 Å². The molecule has 2 heterocycles. The molecule has 4 nitrogen and oxygen atoms in total. The Morgan fingerprint density at radius 3 is 2.42 bits per heavy atom. The number of carbonyl (C=O) groups excluding carboxylic acids is 1. The number of amides is 1. The molecule has 24 heavy (non-hydrogen) atoms. The summed E-state index contributed by atoms with van der Waals surface area (Å²) >= 11 is 1.48. The molecule has 0 aromatic carbocycles. The highest BCUT2D eigenvalue weighted by Crippen LogP contribution is 2.30. The number of nitrogens with zero attached hydrogens (tertiary/aromatic N) is 2. The molecule has 1 aliphatic heterocycles. The van der Waals surface area contributed by atoms with Crippen molar-refractivity contribution in [2.75, 3.05) is 19.6 Å². The van der Waals surface area contributed by atoms with E-state index in [0.29, 0.717) is 6.04 Å². The van der Waals surface area contributed by atoms with Gasteiger partial charge in [0.05, 0.1) is 11.2 Å². The zero-order valence-electron chi connectivity index (χ0n) is 14.7. The van der Waals surface area contributed by atoms with Gasteiger partial charge in [-0.05, 0) is 38.1 Å². The molecule has 0 radical (unpaired) electrons. The summed E-state index contributed by atoms with van der Waals surface area (Å²) in [7, 11) is 0.